The van der Waals surface area contributed by atoms with Gasteiger partial charge in [-0.2, -0.15) is 0 Å². The lowest BCUT2D eigenvalue weighted by Gasteiger charge is -2.11. The molecule has 1 aromatic rings. The first-order valence-corrected chi connectivity index (χ1v) is 8.50. The molecule has 0 radical (unpaired) electrons. The van der Waals surface area contributed by atoms with E-state index in [9.17, 15) is 8.42 Å². The third-order valence-electron chi connectivity index (χ3n) is 2.77. The van der Waals surface area contributed by atoms with E-state index in [0.29, 0.717) is 4.90 Å². The normalized spacial score (nSPS) is 11.8. The number of benzene rings is 1. The molecule has 1 rings (SSSR count). The zero-order chi connectivity index (χ0) is 15.0. The first-order valence-electron chi connectivity index (χ1n) is 7.02. The van der Waals surface area contributed by atoms with Crippen LogP contribution < -0.4 is 15.8 Å². The van der Waals surface area contributed by atoms with Gasteiger partial charge in [-0.05, 0) is 57.5 Å². The second-order valence-corrected chi connectivity index (χ2v) is 6.79. The molecular weight excluding hydrogens is 274 g/mol. The van der Waals surface area contributed by atoms with Gasteiger partial charge in [-0.15, -0.1) is 0 Å². The lowest BCUT2D eigenvalue weighted by Crippen LogP contribution is -2.30. The second kappa shape index (κ2) is 8.24. The van der Waals surface area contributed by atoms with Crippen LogP contribution in [0.5, 0.6) is 0 Å². The van der Waals surface area contributed by atoms with E-state index in [2.05, 4.69) is 10.0 Å². The van der Waals surface area contributed by atoms with E-state index in [1.807, 2.05) is 0 Å². The number of anilines is 1. The Kier molecular flexibility index (Phi) is 6.98. The summed E-state index contributed by atoms with van der Waals surface area (Å²) in [6.07, 6.45) is 3.21. The van der Waals surface area contributed by atoms with E-state index >= 15 is 0 Å². The number of nitrogens with two attached hydrogens (primary N) is 1. The number of hydrogen-bond donors (Lipinski definition) is 3. The summed E-state index contributed by atoms with van der Waals surface area (Å²) >= 11 is 0. The maximum Gasteiger partial charge on any atom is 0.240 e. The number of nitrogens with one attached hydrogen (secondary N) is 2. The molecule has 0 saturated heterocycles. The zero-order valence-corrected chi connectivity index (χ0v) is 13.0. The van der Waals surface area contributed by atoms with Crippen LogP contribution in [0.25, 0.3) is 0 Å². The van der Waals surface area contributed by atoms with Gasteiger partial charge in [0.15, 0.2) is 0 Å². The Morgan fingerprint density at radius 3 is 2.30 bits per heavy atom. The van der Waals surface area contributed by atoms with Gasteiger partial charge in [0, 0.05) is 18.3 Å². The van der Waals surface area contributed by atoms with Crippen molar-refractivity contribution in [1.29, 1.82) is 0 Å². The van der Waals surface area contributed by atoms with Crippen LogP contribution in [-0.4, -0.2) is 27.5 Å². The highest BCUT2D eigenvalue weighted by molar-refractivity contribution is 7.89. The Balaban J connectivity index is 2.52. The average Bonchev–Trinajstić information content (AvgIpc) is 2.37. The van der Waals surface area contributed by atoms with Crippen molar-refractivity contribution in [3.05, 3.63) is 24.3 Å². The summed E-state index contributed by atoms with van der Waals surface area (Å²) in [7, 11) is -3.40. The molecule has 0 atom stereocenters. The average molecular weight is 299 g/mol. The van der Waals surface area contributed by atoms with Crippen molar-refractivity contribution in [1.82, 2.24) is 4.72 Å². The van der Waals surface area contributed by atoms with Gasteiger partial charge < -0.3 is 11.1 Å². The first-order chi connectivity index (χ1) is 9.45. The van der Waals surface area contributed by atoms with Crippen molar-refractivity contribution in [2.45, 2.75) is 44.0 Å². The van der Waals surface area contributed by atoms with Gasteiger partial charge in [-0.1, -0.05) is 6.42 Å². The molecule has 4 N–H and O–H groups in total. The van der Waals surface area contributed by atoms with E-state index in [1.54, 1.807) is 38.1 Å². The summed E-state index contributed by atoms with van der Waals surface area (Å²) < 4.78 is 26.4. The minimum Gasteiger partial charge on any atom is -0.385 e. The highest BCUT2D eigenvalue weighted by atomic mass is 32.2. The summed E-state index contributed by atoms with van der Waals surface area (Å²) in [5.41, 5.74) is 6.36. The third-order valence-corrected chi connectivity index (χ3v) is 4.44. The van der Waals surface area contributed by atoms with Crippen LogP contribution in [0.15, 0.2) is 29.2 Å². The standard InChI is InChI=1S/C14H25N3O2S/c1-12(2)17-20(18,19)14-8-6-13(7-9-14)16-11-5-3-4-10-15/h6-9,12,16-17H,3-5,10-11,15H2,1-2H3. The maximum absolute atomic E-state index is 11.9. The van der Waals surface area contributed by atoms with Crippen LogP contribution in [0, 0.1) is 0 Å². The predicted molar refractivity (Wildman–Crippen MR) is 83.3 cm³/mol. The molecule has 0 aliphatic carbocycles. The molecule has 0 fully saturated rings. The Hall–Kier alpha value is -1.11. The highest BCUT2D eigenvalue weighted by Crippen LogP contribution is 2.14. The molecule has 5 nitrogen and oxygen atoms in total. The van der Waals surface area contributed by atoms with Gasteiger partial charge in [0.05, 0.1) is 4.90 Å². The monoisotopic (exact) mass is 299 g/mol. The third kappa shape index (κ3) is 5.90. The van der Waals surface area contributed by atoms with Gasteiger partial charge in [0.25, 0.3) is 0 Å². The maximum atomic E-state index is 11.9. The number of unbranched alkanes of at least 4 members (excludes halogenated alkanes) is 2. The summed E-state index contributed by atoms with van der Waals surface area (Å²) in [4.78, 5) is 0.292. The molecular formula is C14H25N3O2S. The number of rotatable bonds is 9. The van der Waals surface area contributed by atoms with Crippen molar-refractivity contribution in [3.63, 3.8) is 0 Å². The molecule has 0 aliphatic rings. The fourth-order valence-electron chi connectivity index (χ4n) is 1.81. The summed E-state index contributed by atoms with van der Waals surface area (Å²) in [5.74, 6) is 0. The molecule has 114 valence electrons. The van der Waals surface area contributed by atoms with Crippen LogP contribution in [0.2, 0.25) is 0 Å². The van der Waals surface area contributed by atoms with E-state index in [-0.39, 0.29) is 6.04 Å². The molecule has 20 heavy (non-hydrogen) atoms. The van der Waals surface area contributed by atoms with Crippen molar-refractivity contribution >= 4 is 15.7 Å². The molecule has 0 heterocycles. The number of hydrogen-bond acceptors (Lipinski definition) is 4. The van der Waals surface area contributed by atoms with Crippen LogP contribution in [0.1, 0.15) is 33.1 Å². The minimum atomic E-state index is -3.40. The van der Waals surface area contributed by atoms with E-state index in [1.165, 1.54) is 0 Å². The molecule has 0 amide bonds. The SMILES string of the molecule is CC(C)NS(=O)(=O)c1ccc(NCCCCCN)cc1. The van der Waals surface area contributed by atoms with Crippen molar-refractivity contribution in [3.8, 4) is 0 Å². The van der Waals surface area contributed by atoms with Gasteiger partial charge in [-0.3, -0.25) is 0 Å². The van der Waals surface area contributed by atoms with Crippen molar-refractivity contribution in [2.24, 2.45) is 5.73 Å². The summed E-state index contributed by atoms with van der Waals surface area (Å²) in [6, 6.07) is 6.70. The van der Waals surface area contributed by atoms with Gasteiger partial charge in [-0.25, -0.2) is 13.1 Å². The molecule has 0 spiro atoms. The molecule has 1 aromatic carbocycles. The fourth-order valence-corrected chi connectivity index (χ4v) is 3.06. The Labute approximate surface area is 122 Å². The lowest BCUT2D eigenvalue weighted by atomic mass is 10.2. The van der Waals surface area contributed by atoms with E-state index in [0.717, 1.165) is 38.0 Å². The Morgan fingerprint density at radius 2 is 1.75 bits per heavy atom. The van der Waals surface area contributed by atoms with Gasteiger partial charge in [0.2, 0.25) is 10.0 Å². The Bertz CT molecular complexity index is 484. The predicted octanol–water partition coefficient (Wildman–Crippen LogP) is 1.91. The number of sulfonamides is 1. The van der Waals surface area contributed by atoms with Gasteiger partial charge >= 0.3 is 0 Å². The summed E-state index contributed by atoms with van der Waals surface area (Å²) in [6.45, 7) is 5.20. The van der Waals surface area contributed by atoms with Crippen LogP contribution in [0.4, 0.5) is 5.69 Å². The Morgan fingerprint density at radius 1 is 1.10 bits per heavy atom. The summed E-state index contributed by atoms with van der Waals surface area (Å²) in [5, 5.41) is 3.27. The van der Waals surface area contributed by atoms with Crippen LogP contribution in [0.3, 0.4) is 0 Å². The fraction of sp³-hybridized carbons (Fsp3) is 0.571. The van der Waals surface area contributed by atoms with Crippen molar-refractivity contribution in [2.75, 3.05) is 18.4 Å². The van der Waals surface area contributed by atoms with Crippen LogP contribution >= 0.6 is 0 Å². The van der Waals surface area contributed by atoms with Crippen LogP contribution in [-0.2, 0) is 10.0 Å². The van der Waals surface area contributed by atoms with Gasteiger partial charge in [0.1, 0.15) is 0 Å². The second-order valence-electron chi connectivity index (χ2n) is 5.08. The molecule has 0 aliphatic heterocycles. The molecule has 0 aromatic heterocycles. The molecule has 6 heteroatoms. The lowest BCUT2D eigenvalue weighted by molar-refractivity contribution is 0.570. The largest absolute Gasteiger partial charge is 0.385 e. The molecule has 0 unspecified atom stereocenters. The van der Waals surface area contributed by atoms with Crippen molar-refractivity contribution < 1.29 is 8.42 Å². The minimum absolute atomic E-state index is 0.111. The first kappa shape index (κ1) is 16.9. The van der Waals surface area contributed by atoms with E-state index in [4.69, 9.17) is 5.73 Å². The zero-order valence-electron chi connectivity index (χ0n) is 12.2. The highest BCUT2D eigenvalue weighted by Gasteiger charge is 2.14. The smallest absolute Gasteiger partial charge is 0.240 e. The molecule has 0 bridgehead atoms. The quantitative estimate of drug-likeness (QED) is 0.608. The topological polar surface area (TPSA) is 84.2 Å². The van der Waals surface area contributed by atoms with E-state index < -0.39 is 10.0 Å². The molecule has 0 saturated carbocycles.